The summed E-state index contributed by atoms with van der Waals surface area (Å²) in [6.07, 6.45) is 0. The number of primary amides is 1. The third-order valence-corrected chi connectivity index (χ3v) is 2.25. The molecule has 1 aromatic rings. The number of hydrazine groups is 1. The summed E-state index contributed by atoms with van der Waals surface area (Å²) in [6, 6.07) is -0.708. The average molecular weight is 254 g/mol. The Labute approximate surface area is 105 Å². The number of anilines is 3. The second-order valence-corrected chi connectivity index (χ2v) is 3.50. The first-order valence-electron chi connectivity index (χ1n) is 5.54. The maximum absolute atomic E-state index is 10.8. The van der Waals surface area contributed by atoms with E-state index in [1.165, 1.54) is 5.01 Å². The molecule has 100 valence electrons. The van der Waals surface area contributed by atoms with Crippen molar-refractivity contribution in [3.8, 4) is 0 Å². The van der Waals surface area contributed by atoms with Crippen LogP contribution in [0.5, 0.6) is 0 Å². The standard InChI is InChI=1S/C9H18N8O/c1-4-17(5-2)9-13-6(10)12-8(14-9)16(3)15-7(11)18/h4-5H2,1-3H3,(H3,11,15,18)(H2,10,12,13,14). The van der Waals surface area contributed by atoms with Crippen LogP contribution in [0.2, 0.25) is 0 Å². The Morgan fingerprint density at radius 2 is 1.78 bits per heavy atom. The number of nitrogen functional groups attached to an aromatic ring is 1. The van der Waals surface area contributed by atoms with Crippen LogP contribution in [0.15, 0.2) is 0 Å². The lowest BCUT2D eigenvalue weighted by Crippen LogP contribution is -2.43. The Morgan fingerprint density at radius 1 is 1.22 bits per heavy atom. The predicted octanol–water partition coefficient (Wildman–Crippen LogP) is -0.680. The van der Waals surface area contributed by atoms with Gasteiger partial charge in [0.1, 0.15) is 0 Å². The van der Waals surface area contributed by atoms with Gasteiger partial charge < -0.3 is 16.4 Å². The second kappa shape index (κ2) is 5.84. The van der Waals surface area contributed by atoms with Gasteiger partial charge in [0, 0.05) is 20.1 Å². The highest BCUT2D eigenvalue weighted by atomic mass is 16.2. The molecule has 0 aliphatic rings. The van der Waals surface area contributed by atoms with Crippen molar-refractivity contribution < 1.29 is 4.79 Å². The average Bonchev–Trinajstić information content (AvgIpc) is 2.29. The number of hydrogen-bond donors (Lipinski definition) is 3. The molecule has 0 unspecified atom stereocenters. The van der Waals surface area contributed by atoms with E-state index in [9.17, 15) is 4.79 Å². The summed E-state index contributed by atoms with van der Waals surface area (Å²) in [5.41, 5.74) is 13.0. The van der Waals surface area contributed by atoms with E-state index in [0.717, 1.165) is 13.1 Å². The van der Waals surface area contributed by atoms with Crippen molar-refractivity contribution in [2.45, 2.75) is 13.8 Å². The molecule has 9 nitrogen and oxygen atoms in total. The summed E-state index contributed by atoms with van der Waals surface area (Å²) in [4.78, 5) is 24.9. The lowest BCUT2D eigenvalue weighted by molar-refractivity contribution is 0.248. The zero-order valence-electron chi connectivity index (χ0n) is 10.7. The Balaban J connectivity index is 3.03. The van der Waals surface area contributed by atoms with Crippen molar-refractivity contribution in [1.29, 1.82) is 0 Å². The van der Waals surface area contributed by atoms with Crippen LogP contribution >= 0.6 is 0 Å². The van der Waals surface area contributed by atoms with E-state index in [1.54, 1.807) is 7.05 Å². The molecular formula is C9H18N8O. The zero-order valence-corrected chi connectivity index (χ0v) is 10.7. The molecule has 2 amide bonds. The SMILES string of the molecule is CCN(CC)c1nc(N)nc(N(C)NC(N)=O)n1. The maximum atomic E-state index is 10.8. The van der Waals surface area contributed by atoms with Crippen LogP contribution in [0.4, 0.5) is 22.6 Å². The van der Waals surface area contributed by atoms with Gasteiger partial charge in [-0.25, -0.2) is 10.2 Å². The van der Waals surface area contributed by atoms with Gasteiger partial charge in [0.2, 0.25) is 11.9 Å². The fourth-order valence-corrected chi connectivity index (χ4v) is 1.38. The number of aromatic nitrogens is 3. The van der Waals surface area contributed by atoms with Crippen molar-refractivity contribution in [2.75, 3.05) is 35.8 Å². The van der Waals surface area contributed by atoms with Crippen LogP contribution in [0.3, 0.4) is 0 Å². The summed E-state index contributed by atoms with van der Waals surface area (Å²) in [7, 11) is 1.56. The number of nitrogens with zero attached hydrogens (tertiary/aromatic N) is 5. The fourth-order valence-electron chi connectivity index (χ4n) is 1.38. The molecule has 1 rings (SSSR count). The third kappa shape index (κ3) is 3.34. The molecule has 9 heteroatoms. The zero-order chi connectivity index (χ0) is 13.7. The Morgan fingerprint density at radius 3 is 2.28 bits per heavy atom. The monoisotopic (exact) mass is 254 g/mol. The Hall–Kier alpha value is -2.32. The molecule has 1 heterocycles. The minimum absolute atomic E-state index is 0.0834. The van der Waals surface area contributed by atoms with Crippen LogP contribution < -0.4 is 26.8 Å². The van der Waals surface area contributed by atoms with Gasteiger partial charge in [-0.3, -0.25) is 5.01 Å². The molecule has 0 saturated carbocycles. The molecule has 0 aromatic carbocycles. The predicted molar refractivity (Wildman–Crippen MR) is 68.9 cm³/mol. The highest BCUT2D eigenvalue weighted by Gasteiger charge is 2.13. The number of nitrogens with one attached hydrogen (secondary N) is 1. The van der Waals surface area contributed by atoms with Crippen LogP contribution in [0, 0.1) is 0 Å². The van der Waals surface area contributed by atoms with Crippen molar-refractivity contribution >= 4 is 23.9 Å². The first-order chi connectivity index (χ1) is 8.47. The van der Waals surface area contributed by atoms with Crippen molar-refractivity contribution in [1.82, 2.24) is 20.4 Å². The molecular weight excluding hydrogens is 236 g/mol. The molecule has 0 radical (unpaired) electrons. The van der Waals surface area contributed by atoms with Crippen LogP contribution in [0.1, 0.15) is 13.8 Å². The number of nitrogens with two attached hydrogens (primary N) is 2. The van der Waals surface area contributed by atoms with E-state index in [0.29, 0.717) is 5.95 Å². The summed E-state index contributed by atoms with van der Waals surface area (Å²) in [5.74, 6) is 0.767. The lowest BCUT2D eigenvalue weighted by Gasteiger charge is -2.21. The molecule has 0 spiro atoms. The number of amides is 2. The minimum Gasteiger partial charge on any atom is -0.368 e. The summed E-state index contributed by atoms with van der Waals surface area (Å²) in [6.45, 7) is 5.45. The molecule has 1 aromatic heterocycles. The summed E-state index contributed by atoms with van der Waals surface area (Å²) >= 11 is 0. The summed E-state index contributed by atoms with van der Waals surface area (Å²) < 4.78 is 0. The van der Waals surface area contributed by atoms with Gasteiger partial charge in [0.05, 0.1) is 0 Å². The number of urea groups is 1. The highest BCUT2D eigenvalue weighted by molar-refractivity contribution is 5.73. The van der Waals surface area contributed by atoms with Crippen molar-refractivity contribution in [3.63, 3.8) is 0 Å². The third-order valence-electron chi connectivity index (χ3n) is 2.25. The van der Waals surface area contributed by atoms with Crippen molar-refractivity contribution in [2.24, 2.45) is 5.73 Å². The minimum atomic E-state index is -0.708. The van der Waals surface area contributed by atoms with Gasteiger partial charge in [-0.15, -0.1) is 0 Å². The lowest BCUT2D eigenvalue weighted by atomic mass is 10.5. The molecule has 0 saturated heterocycles. The fraction of sp³-hybridized carbons (Fsp3) is 0.556. The maximum Gasteiger partial charge on any atom is 0.331 e. The Kier molecular flexibility index (Phi) is 4.46. The largest absolute Gasteiger partial charge is 0.368 e. The van der Waals surface area contributed by atoms with E-state index in [1.807, 2.05) is 18.7 Å². The normalized spacial score (nSPS) is 9.94. The molecule has 0 aliphatic carbocycles. The molecule has 0 atom stereocenters. The second-order valence-electron chi connectivity index (χ2n) is 3.50. The van der Waals surface area contributed by atoms with Gasteiger partial charge in [0.15, 0.2) is 0 Å². The molecule has 0 bridgehead atoms. The first-order valence-corrected chi connectivity index (χ1v) is 5.54. The Bertz CT molecular complexity index is 419. The smallest absolute Gasteiger partial charge is 0.331 e. The van der Waals surface area contributed by atoms with Gasteiger partial charge in [0.25, 0.3) is 5.95 Å². The topological polar surface area (TPSA) is 126 Å². The van der Waals surface area contributed by atoms with Gasteiger partial charge in [-0.1, -0.05) is 0 Å². The molecule has 0 aliphatic heterocycles. The number of rotatable bonds is 5. The molecule has 0 fully saturated rings. The van der Waals surface area contributed by atoms with Crippen LogP contribution in [0.25, 0.3) is 0 Å². The number of carbonyl (C=O) groups excluding carboxylic acids is 1. The van der Waals surface area contributed by atoms with Gasteiger partial charge in [-0.2, -0.15) is 15.0 Å². The van der Waals surface area contributed by atoms with Gasteiger partial charge >= 0.3 is 6.03 Å². The van der Waals surface area contributed by atoms with E-state index in [-0.39, 0.29) is 11.9 Å². The molecule has 5 N–H and O–H groups in total. The van der Waals surface area contributed by atoms with Gasteiger partial charge in [-0.05, 0) is 13.8 Å². The van der Waals surface area contributed by atoms with E-state index < -0.39 is 6.03 Å². The first kappa shape index (κ1) is 13.7. The number of carbonyl (C=O) groups is 1. The van der Waals surface area contributed by atoms with E-state index in [2.05, 4.69) is 20.4 Å². The van der Waals surface area contributed by atoms with Crippen molar-refractivity contribution in [3.05, 3.63) is 0 Å². The van der Waals surface area contributed by atoms with Crippen LogP contribution in [-0.4, -0.2) is 41.1 Å². The highest BCUT2D eigenvalue weighted by Crippen LogP contribution is 2.12. The summed E-state index contributed by atoms with van der Waals surface area (Å²) in [5, 5.41) is 1.29. The number of hydrogen-bond acceptors (Lipinski definition) is 7. The molecule has 18 heavy (non-hydrogen) atoms. The van der Waals surface area contributed by atoms with E-state index in [4.69, 9.17) is 11.5 Å². The van der Waals surface area contributed by atoms with Crippen LogP contribution in [-0.2, 0) is 0 Å². The quantitative estimate of drug-likeness (QED) is 0.594. The van der Waals surface area contributed by atoms with E-state index >= 15 is 0 Å².